The van der Waals surface area contributed by atoms with Gasteiger partial charge in [-0.15, -0.1) is 11.3 Å². The van der Waals surface area contributed by atoms with Crippen molar-refractivity contribution in [2.45, 2.75) is 42.9 Å². The van der Waals surface area contributed by atoms with Crippen LogP contribution in [0, 0.1) is 0 Å². The highest BCUT2D eigenvalue weighted by Crippen LogP contribution is 2.27. The van der Waals surface area contributed by atoms with Gasteiger partial charge in [0.1, 0.15) is 10.3 Å². The lowest BCUT2D eigenvalue weighted by Crippen LogP contribution is -2.39. The van der Waals surface area contributed by atoms with E-state index in [9.17, 15) is 18.0 Å². The number of rotatable bonds is 6. The van der Waals surface area contributed by atoms with Gasteiger partial charge in [0.25, 0.3) is 10.0 Å². The molecule has 1 aromatic heterocycles. The van der Waals surface area contributed by atoms with Gasteiger partial charge in [-0.1, -0.05) is 6.42 Å². The molecule has 1 aromatic rings. The van der Waals surface area contributed by atoms with E-state index in [1.807, 2.05) is 0 Å². The molecule has 128 valence electrons. The van der Waals surface area contributed by atoms with E-state index in [0.29, 0.717) is 18.0 Å². The van der Waals surface area contributed by atoms with Gasteiger partial charge in [0.15, 0.2) is 0 Å². The molecular weight excluding hydrogens is 340 g/mol. The van der Waals surface area contributed by atoms with Crippen molar-refractivity contribution in [1.29, 1.82) is 0 Å². The van der Waals surface area contributed by atoms with Gasteiger partial charge in [0.05, 0.1) is 6.42 Å². The first kappa shape index (κ1) is 17.9. The second-order valence-electron chi connectivity index (χ2n) is 5.49. The maximum Gasteiger partial charge on any atom is 0.325 e. The predicted molar refractivity (Wildman–Crippen MR) is 85.9 cm³/mol. The summed E-state index contributed by atoms with van der Waals surface area (Å²) in [5, 5.41) is 11.1. The number of hydrogen-bond acceptors (Lipinski definition) is 5. The molecule has 1 unspecified atom stereocenters. The molecule has 0 saturated carbocycles. The molecule has 0 bridgehead atoms. The van der Waals surface area contributed by atoms with Crippen molar-refractivity contribution in [1.82, 2.24) is 9.62 Å². The fourth-order valence-corrected chi connectivity index (χ4v) is 5.36. The van der Waals surface area contributed by atoms with E-state index < -0.39 is 27.9 Å². The monoisotopic (exact) mass is 360 g/mol. The number of carboxylic acid groups (broad SMARTS) is 1. The van der Waals surface area contributed by atoms with Crippen LogP contribution in [-0.2, 0) is 26.0 Å². The number of carboxylic acids is 1. The first-order valence-corrected chi connectivity index (χ1v) is 9.67. The van der Waals surface area contributed by atoms with Crippen molar-refractivity contribution in [3.63, 3.8) is 0 Å². The summed E-state index contributed by atoms with van der Waals surface area (Å²) in [7, 11) is -3.49. The van der Waals surface area contributed by atoms with Gasteiger partial charge in [-0.2, -0.15) is 4.31 Å². The maximum absolute atomic E-state index is 12.5. The number of nitrogens with zero attached hydrogens (tertiary/aromatic N) is 1. The number of sulfonamides is 1. The van der Waals surface area contributed by atoms with E-state index in [0.717, 1.165) is 30.6 Å². The smallest absolute Gasteiger partial charge is 0.325 e. The highest BCUT2D eigenvalue weighted by Gasteiger charge is 2.27. The van der Waals surface area contributed by atoms with Crippen molar-refractivity contribution < 1.29 is 23.1 Å². The Morgan fingerprint density at radius 3 is 2.57 bits per heavy atom. The molecule has 0 aromatic carbocycles. The lowest BCUT2D eigenvalue weighted by Gasteiger charge is -2.25. The van der Waals surface area contributed by atoms with Gasteiger partial charge in [-0.3, -0.25) is 9.59 Å². The molecular formula is C14H20N2O5S2. The van der Waals surface area contributed by atoms with E-state index in [1.165, 1.54) is 17.3 Å². The number of nitrogens with one attached hydrogen (secondary N) is 1. The summed E-state index contributed by atoms with van der Waals surface area (Å²) in [5.41, 5.74) is 0. The van der Waals surface area contributed by atoms with E-state index in [-0.39, 0.29) is 10.6 Å². The van der Waals surface area contributed by atoms with Gasteiger partial charge < -0.3 is 10.4 Å². The van der Waals surface area contributed by atoms with Crippen molar-refractivity contribution in [3.8, 4) is 0 Å². The first-order valence-electron chi connectivity index (χ1n) is 7.42. The van der Waals surface area contributed by atoms with E-state index in [1.54, 1.807) is 6.07 Å². The fraction of sp³-hybridized carbons (Fsp3) is 0.571. The number of aliphatic carboxylic acids is 1. The van der Waals surface area contributed by atoms with E-state index in [4.69, 9.17) is 5.11 Å². The van der Waals surface area contributed by atoms with Crippen LogP contribution < -0.4 is 5.32 Å². The summed E-state index contributed by atoms with van der Waals surface area (Å²) in [5.74, 6) is -1.55. The lowest BCUT2D eigenvalue weighted by atomic mass is 10.2. The lowest BCUT2D eigenvalue weighted by molar-refractivity contribution is -0.141. The Morgan fingerprint density at radius 2 is 1.96 bits per heavy atom. The van der Waals surface area contributed by atoms with Crippen molar-refractivity contribution in [2.24, 2.45) is 0 Å². The second kappa shape index (κ2) is 7.41. The molecule has 0 aliphatic carbocycles. The standard InChI is InChI=1S/C14H20N2O5S2/c1-10(14(18)19)15-12(17)9-11-5-6-13(22-11)23(20,21)16-7-3-2-4-8-16/h5-6,10H,2-4,7-9H2,1H3,(H,15,17)(H,18,19). The van der Waals surface area contributed by atoms with Crippen LogP contribution in [0.4, 0.5) is 0 Å². The van der Waals surface area contributed by atoms with Crippen LogP contribution in [0.3, 0.4) is 0 Å². The van der Waals surface area contributed by atoms with Gasteiger partial charge >= 0.3 is 5.97 Å². The second-order valence-corrected chi connectivity index (χ2v) is 8.82. The van der Waals surface area contributed by atoms with Crippen LogP contribution in [0.2, 0.25) is 0 Å². The first-order chi connectivity index (χ1) is 10.8. The molecule has 9 heteroatoms. The van der Waals surface area contributed by atoms with Crippen LogP contribution >= 0.6 is 11.3 Å². The van der Waals surface area contributed by atoms with Crippen LogP contribution in [0.25, 0.3) is 0 Å². The largest absolute Gasteiger partial charge is 0.480 e. The summed E-state index contributed by atoms with van der Waals surface area (Å²) >= 11 is 1.06. The normalized spacial score (nSPS) is 17.6. The number of carbonyl (C=O) groups is 2. The third-order valence-electron chi connectivity index (χ3n) is 3.63. The molecule has 1 aliphatic rings. The Labute approximate surface area is 139 Å². The fourth-order valence-electron chi connectivity index (χ4n) is 2.34. The Morgan fingerprint density at radius 1 is 1.30 bits per heavy atom. The minimum atomic E-state index is -3.49. The Bertz CT molecular complexity index is 677. The van der Waals surface area contributed by atoms with E-state index in [2.05, 4.69) is 5.32 Å². The zero-order valence-corrected chi connectivity index (χ0v) is 14.5. The Balaban J connectivity index is 2.02. The topological polar surface area (TPSA) is 104 Å². The third kappa shape index (κ3) is 4.52. The van der Waals surface area contributed by atoms with Gasteiger partial charge in [-0.05, 0) is 31.9 Å². The highest BCUT2D eigenvalue weighted by atomic mass is 32.2. The molecule has 1 amide bonds. The molecule has 2 heterocycles. The molecule has 2 rings (SSSR count). The molecule has 1 saturated heterocycles. The average molecular weight is 360 g/mol. The minimum absolute atomic E-state index is 0.0300. The molecule has 2 N–H and O–H groups in total. The number of hydrogen-bond donors (Lipinski definition) is 2. The maximum atomic E-state index is 12.5. The summed E-state index contributed by atoms with van der Waals surface area (Å²) in [6, 6.07) is 2.14. The van der Waals surface area contributed by atoms with Gasteiger partial charge in [0, 0.05) is 18.0 Å². The quantitative estimate of drug-likeness (QED) is 0.789. The molecule has 7 nitrogen and oxygen atoms in total. The number of amides is 1. The van der Waals surface area contributed by atoms with Crippen molar-refractivity contribution in [3.05, 3.63) is 17.0 Å². The van der Waals surface area contributed by atoms with Gasteiger partial charge in [0.2, 0.25) is 5.91 Å². The van der Waals surface area contributed by atoms with Crippen molar-refractivity contribution in [2.75, 3.05) is 13.1 Å². The summed E-state index contributed by atoms with van der Waals surface area (Å²) < 4.78 is 26.7. The Hall–Kier alpha value is -1.45. The number of piperidine rings is 1. The zero-order valence-electron chi connectivity index (χ0n) is 12.8. The van der Waals surface area contributed by atoms with Crippen LogP contribution in [0.5, 0.6) is 0 Å². The van der Waals surface area contributed by atoms with Crippen LogP contribution in [0.1, 0.15) is 31.1 Å². The van der Waals surface area contributed by atoms with E-state index >= 15 is 0 Å². The average Bonchev–Trinajstić information content (AvgIpc) is 2.97. The summed E-state index contributed by atoms with van der Waals surface area (Å²) in [6.45, 7) is 2.44. The number of thiophene rings is 1. The van der Waals surface area contributed by atoms with Crippen molar-refractivity contribution >= 4 is 33.2 Å². The van der Waals surface area contributed by atoms with Gasteiger partial charge in [-0.25, -0.2) is 8.42 Å². The summed E-state index contributed by atoms with van der Waals surface area (Å²) in [4.78, 5) is 23.1. The number of carbonyl (C=O) groups excluding carboxylic acids is 1. The summed E-state index contributed by atoms with van der Waals surface area (Å²) in [6.07, 6.45) is 2.75. The molecule has 1 fully saturated rings. The molecule has 23 heavy (non-hydrogen) atoms. The Kier molecular flexibility index (Phi) is 5.77. The predicted octanol–water partition coefficient (Wildman–Crippen LogP) is 1.05. The molecule has 1 atom stereocenters. The van der Waals surface area contributed by atoms with Crippen LogP contribution in [-0.4, -0.2) is 48.8 Å². The minimum Gasteiger partial charge on any atom is -0.480 e. The van der Waals surface area contributed by atoms with Crippen LogP contribution in [0.15, 0.2) is 16.3 Å². The zero-order chi connectivity index (χ0) is 17.0. The SMILES string of the molecule is CC(NC(=O)Cc1ccc(S(=O)(=O)N2CCCCC2)s1)C(=O)O. The molecule has 1 aliphatic heterocycles. The highest BCUT2D eigenvalue weighted by molar-refractivity contribution is 7.91. The molecule has 0 spiro atoms. The molecule has 0 radical (unpaired) electrons. The third-order valence-corrected chi connectivity index (χ3v) is 7.08.